The zero-order chi connectivity index (χ0) is 15.5. The molecule has 23 heavy (non-hydrogen) atoms. The second kappa shape index (κ2) is 9.58. The summed E-state index contributed by atoms with van der Waals surface area (Å²) in [6.07, 6.45) is 0. The standard InChI is InChI=1S/C17H28N2O2.2ClH/c1-17(2,3)16(19-10-8-18-9-11-19)14-7-6-13(20-4)12-15(14)21-5;;/h6-7,12,16,18H,8-11H2,1-5H3;2*1H/t16-;;/m1../s1. The predicted octanol–water partition coefficient (Wildman–Crippen LogP) is 3.54. The highest BCUT2D eigenvalue weighted by atomic mass is 35.5. The number of hydrogen-bond donors (Lipinski definition) is 1. The van der Waals surface area contributed by atoms with Crippen LogP contribution >= 0.6 is 24.8 Å². The zero-order valence-electron chi connectivity index (χ0n) is 14.7. The van der Waals surface area contributed by atoms with E-state index in [4.69, 9.17) is 9.47 Å². The number of benzene rings is 1. The van der Waals surface area contributed by atoms with Gasteiger partial charge < -0.3 is 14.8 Å². The molecule has 0 bridgehead atoms. The van der Waals surface area contributed by atoms with Crippen LogP contribution in [0.5, 0.6) is 11.5 Å². The fourth-order valence-electron chi connectivity index (χ4n) is 3.20. The lowest BCUT2D eigenvalue weighted by atomic mass is 9.80. The van der Waals surface area contributed by atoms with Gasteiger partial charge in [-0.25, -0.2) is 0 Å². The molecule has 1 fully saturated rings. The van der Waals surface area contributed by atoms with E-state index in [1.54, 1.807) is 14.2 Å². The summed E-state index contributed by atoms with van der Waals surface area (Å²) in [6, 6.07) is 6.49. The molecule has 6 heteroatoms. The van der Waals surface area contributed by atoms with Crippen LogP contribution in [0, 0.1) is 5.41 Å². The summed E-state index contributed by atoms with van der Waals surface area (Å²) < 4.78 is 11.0. The fraction of sp³-hybridized carbons (Fsp3) is 0.647. The molecule has 0 aromatic heterocycles. The molecule has 0 amide bonds. The Bertz CT molecular complexity index is 472. The number of methoxy groups -OCH3 is 2. The minimum atomic E-state index is 0. The highest BCUT2D eigenvalue weighted by molar-refractivity contribution is 5.85. The van der Waals surface area contributed by atoms with E-state index >= 15 is 0 Å². The minimum absolute atomic E-state index is 0. The van der Waals surface area contributed by atoms with Crippen LogP contribution in [0.15, 0.2) is 18.2 Å². The first kappa shape index (κ1) is 22.3. The van der Waals surface area contributed by atoms with Crippen LogP contribution in [-0.4, -0.2) is 45.3 Å². The van der Waals surface area contributed by atoms with Gasteiger partial charge in [-0.3, -0.25) is 4.90 Å². The topological polar surface area (TPSA) is 33.7 Å². The second-order valence-electron chi connectivity index (χ2n) is 6.66. The van der Waals surface area contributed by atoms with Crippen LogP contribution in [0.2, 0.25) is 0 Å². The van der Waals surface area contributed by atoms with E-state index in [-0.39, 0.29) is 30.2 Å². The number of ether oxygens (including phenoxy) is 2. The van der Waals surface area contributed by atoms with Crippen molar-refractivity contribution in [3.05, 3.63) is 23.8 Å². The van der Waals surface area contributed by atoms with E-state index in [1.165, 1.54) is 5.56 Å². The van der Waals surface area contributed by atoms with Crippen LogP contribution in [0.25, 0.3) is 0 Å². The third-order valence-electron chi connectivity index (χ3n) is 4.07. The molecule has 1 aromatic carbocycles. The average molecular weight is 365 g/mol. The monoisotopic (exact) mass is 364 g/mol. The van der Waals surface area contributed by atoms with Gasteiger partial charge in [-0.15, -0.1) is 24.8 Å². The Kier molecular flexibility index (Phi) is 9.29. The molecule has 1 aromatic rings. The molecular formula is C17H30Cl2N2O2. The van der Waals surface area contributed by atoms with Gasteiger partial charge in [0.05, 0.1) is 14.2 Å². The van der Waals surface area contributed by atoms with Gasteiger partial charge in [0.25, 0.3) is 0 Å². The number of rotatable bonds is 4. The summed E-state index contributed by atoms with van der Waals surface area (Å²) in [5.74, 6) is 1.75. The Balaban J connectivity index is 0.00000242. The van der Waals surface area contributed by atoms with Gasteiger partial charge >= 0.3 is 0 Å². The van der Waals surface area contributed by atoms with Crippen molar-refractivity contribution < 1.29 is 9.47 Å². The summed E-state index contributed by atoms with van der Waals surface area (Å²) in [5, 5.41) is 3.43. The van der Waals surface area contributed by atoms with Crippen molar-refractivity contribution in [2.75, 3.05) is 40.4 Å². The van der Waals surface area contributed by atoms with Crippen molar-refractivity contribution in [2.45, 2.75) is 26.8 Å². The van der Waals surface area contributed by atoms with Crippen molar-refractivity contribution in [3.8, 4) is 11.5 Å². The Morgan fingerprint density at radius 1 is 1.04 bits per heavy atom. The average Bonchev–Trinajstić information content (AvgIpc) is 2.47. The molecule has 0 aliphatic carbocycles. The van der Waals surface area contributed by atoms with E-state index in [1.807, 2.05) is 12.1 Å². The molecular weight excluding hydrogens is 335 g/mol. The van der Waals surface area contributed by atoms with Crippen LogP contribution < -0.4 is 14.8 Å². The number of nitrogens with one attached hydrogen (secondary N) is 1. The van der Waals surface area contributed by atoms with Crippen molar-refractivity contribution in [1.82, 2.24) is 10.2 Å². The fourth-order valence-corrected chi connectivity index (χ4v) is 3.20. The lowest BCUT2D eigenvalue weighted by Crippen LogP contribution is -2.48. The quantitative estimate of drug-likeness (QED) is 0.885. The first-order valence-electron chi connectivity index (χ1n) is 7.64. The second-order valence-corrected chi connectivity index (χ2v) is 6.66. The SMILES string of the molecule is COc1ccc([C@@H](N2CCNCC2)C(C)(C)C)c(OC)c1.Cl.Cl. The van der Waals surface area contributed by atoms with Gasteiger partial charge in [-0.2, -0.15) is 0 Å². The summed E-state index contributed by atoms with van der Waals surface area (Å²) in [4.78, 5) is 2.56. The van der Waals surface area contributed by atoms with Gasteiger partial charge in [-0.1, -0.05) is 26.8 Å². The number of hydrogen-bond acceptors (Lipinski definition) is 4. The van der Waals surface area contributed by atoms with E-state index in [9.17, 15) is 0 Å². The van der Waals surface area contributed by atoms with Crippen LogP contribution in [0.4, 0.5) is 0 Å². The molecule has 0 radical (unpaired) electrons. The summed E-state index contributed by atoms with van der Waals surface area (Å²) >= 11 is 0. The summed E-state index contributed by atoms with van der Waals surface area (Å²) in [5.41, 5.74) is 1.38. The van der Waals surface area contributed by atoms with Gasteiger partial charge in [-0.05, 0) is 11.5 Å². The zero-order valence-corrected chi connectivity index (χ0v) is 16.4. The first-order valence-corrected chi connectivity index (χ1v) is 7.64. The van der Waals surface area contributed by atoms with Crippen molar-refractivity contribution in [2.24, 2.45) is 5.41 Å². The molecule has 0 spiro atoms. The lowest BCUT2D eigenvalue weighted by Gasteiger charge is -2.43. The van der Waals surface area contributed by atoms with Gasteiger partial charge in [0.1, 0.15) is 11.5 Å². The number of piperazine rings is 1. The third-order valence-corrected chi connectivity index (χ3v) is 4.07. The predicted molar refractivity (Wildman–Crippen MR) is 101 cm³/mol. The number of nitrogens with zero attached hydrogens (tertiary/aromatic N) is 1. The molecule has 1 N–H and O–H groups in total. The molecule has 1 aliphatic heterocycles. The molecule has 134 valence electrons. The Morgan fingerprint density at radius 2 is 1.65 bits per heavy atom. The smallest absolute Gasteiger partial charge is 0.127 e. The molecule has 0 unspecified atom stereocenters. The largest absolute Gasteiger partial charge is 0.497 e. The van der Waals surface area contributed by atoms with E-state index in [0.29, 0.717) is 6.04 Å². The van der Waals surface area contributed by atoms with Crippen LogP contribution in [-0.2, 0) is 0 Å². The van der Waals surface area contributed by atoms with Crippen molar-refractivity contribution in [3.63, 3.8) is 0 Å². The molecule has 0 saturated carbocycles. The van der Waals surface area contributed by atoms with E-state index in [0.717, 1.165) is 37.7 Å². The van der Waals surface area contributed by atoms with Crippen molar-refractivity contribution in [1.29, 1.82) is 0 Å². The van der Waals surface area contributed by atoms with E-state index < -0.39 is 0 Å². The molecule has 2 rings (SSSR count). The van der Waals surface area contributed by atoms with Crippen LogP contribution in [0.1, 0.15) is 32.4 Å². The Hall–Kier alpha value is -0.680. The van der Waals surface area contributed by atoms with Gasteiger partial charge in [0.2, 0.25) is 0 Å². The molecule has 1 heterocycles. The van der Waals surface area contributed by atoms with Gasteiger partial charge in [0, 0.05) is 43.9 Å². The minimum Gasteiger partial charge on any atom is -0.497 e. The van der Waals surface area contributed by atoms with Crippen molar-refractivity contribution >= 4 is 24.8 Å². The summed E-state index contributed by atoms with van der Waals surface area (Å²) in [7, 11) is 3.42. The number of halogens is 2. The maximum atomic E-state index is 5.63. The normalized spacial score (nSPS) is 16.7. The third kappa shape index (κ3) is 5.42. The van der Waals surface area contributed by atoms with E-state index in [2.05, 4.69) is 37.1 Å². The lowest BCUT2D eigenvalue weighted by molar-refractivity contribution is 0.0841. The molecule has 1 aliphatic rings. The highest BCUT2D eigenvalue weighted by Gasteiger charge is 2.34. The Labute approximate surface area is 152 Å². The molecule has 1 saturated heterocycles. The first-order chi connectivity index (χ1) is 9.97. The molecule has 1 atom stereocenters. The van der Waals surface area contributed by atoms with Gasteiger partial charge in [0.15, 0.2) is 0 Å². The maximum Gasteiger partial charge on any atom is 0.127 e. The van der Waals surface area contributed by atoms with Crippen LogP contribution in [0.3, 0.4) is 0 Å². The highest BCUT2D eigenvalue weighted by Crippen LogP contribution is 2.42. The molecule has 4 nitrogen and oxygen atoms in total. The maximum absolute atomic E-state index is 5.63. The Morgan fingerprint density at radius 3 is 2.13 bits per heavy atom. The summed E-state index contributed by atoms with van der Waals surface area (Å²) in [6.45, 7) is 11.1.